The van der Waals surface area contributed by atoms with Gasteiger partial charge in [0, 0.05) is 5.56 Å². The normalized spacial score (nSPS) is 11.5. The summed E-state index contributed by atoms with van der Waals surface area (Å²) in [5.41, 5.74) is 0.555. The number of amides is 1. The lowest BCUT2D eigenvalue weighted by molar-refractivity contribution is -0.122. The Morgan fingerprint density at radius 3 is 2.46 bits per heavy atom. The third kappa shape index (κ3) is 4.10. The smallest absolute Gasteiger partial charge is 0.265 e. The van der Waals surface area contributed by atoms with Crippen molar-refractivity contribution in [3.8, 4) is 11.5 Å². The van der Waals surface area contributed by atoms with Gasteiger partial charge in [-0.15, -0.1) is 0 Å². The monoisotopic (exact) mass is 331 g/mol. The van der Waals surface area contributed by atoms with E-state index in [0.717, 1.165) is 0 Å². The molecule has 2 aromatic carbocycles. The highest BCUT2D eigenvalue weighted by Gasteiger charge is 2.18. The van der Waals surface area contributed by atoms with Crippen molar-refractivity contribution in [1.82, 2.24) is 0 Å². The number of ketones is 1. The molecule has 0 aliphatic heterocycles. The molecule has 2 aromatic rings. The van der Waals surface area contributed by atoms with Crippen molar-refractivity contribution >= 4 is 17.4 Å². The molecule has 0 radical (unpaired) electrons. The minimum atomic E-state index is -0.887. The molecule has 1 amide bonds. The highest BCUT2D eigenvalue weighted by Crippen LogP contribution is 2.29. The second-order valence-electron chi connectivity index (χ2n) is 5.15. The van der Waals surface area contributed by atoms with Crippen molar-refractivity contribution in [3.63, 3.8) is 0 Å². The molecule has 0 spiro atoms. The fraction of sp³-hybridized carbons (Fsp3) is 0.222. The number of carbonyl (C=O) groups excluding carboxylic acids is 2. The molecule has 0 fully saturated rings. The molecule has 1 unspecified atom stereocenters. The number of nitrogens with one attached hydrogen (secondary N) is 1. The van der Waals surface area contributed by atoms with Gasteiger partial charge in [0.1, 0.15) is 5.82 Å². The lowest BCUT2D eigenvalue weighted by Gasteiger charge is -2.17. The summed E-state index contributed by atoms with van der Waals surface area (Å²) in [4.78, 5) is 23.5. The fourth-order valence-corrected chi connectivity index (χ4v) is 2.02. The molecule has 0 aliphatic carbocycles. The zero-order chi connectivity index (χ0) is 17.7. The molecule has 2 rings (SSSR count). The molecule has 6 heteroatoms. The van der Waals surface area contributed by atoms with Gasteiger partial charge in [0.25, 0.3) is 5.91 Å². The molecular formula is C18H18FNO4. The number of anilines is 1. The molecule has 0 bridgehead atoms. The summed E-state index contributed by atoms with van der Waals surface area (Å²) in [6.45, 7) is 2.98. The molecule has 0 aliphatic rings. The summed E-state index contributed by atoms with van der Waals surface area (Å²) < 4.78 is 24.3. The Hall–Kier alpha value is -2.89. The van der Waals surface area contributed by atoms with Crippen LogP contribution in [0.3, 0.4) is 0 Å². The molecule has 0 aromatic heterocycles. The van der Waals surface area contributed by atoms with Crippen molar-refractivity contribution in [3.05, 3.63) is 53.8 Å². The number of hydrogen-bond acceptors (Lipinski definition) is 4. The second-order valence-corrected chi connectivity index (χ2v) is 5.15. The van der Waals surface area contributed by atoms with E-state index in [0.29, 0.717) is 17.1 Å². The number of para-hydroxylation sites is 1. The van der Waals surface area contributed by atoms with Gasteiger partial charge in [0.2, 0.25) is 0 Å². The number of ether oxygens (including phenoxy) is 2. The van der Waals surface area contributed by atoms with Crippen LogP contribution < -0.4 is 14.8 Å². The number of carbonyl (C=O) groups is 2. The summed E-state index contributed by atoms with van der Waals surface area (Å²) in [5.74, 6) is -0.476. The maximum absolute atomic E-state index is 13.6. The highest BCUT2D eigenvalue weighted by atomic mass is 19.1. The van der Waals surface area contributed by atoms with E-state index in [2.05, 4.69) is 5.32 Å². The van der Waals surface area contributed by atoms with Crippen LogP contribution >= 0.6 is 0 Å². The van der Waals surface area contributed by atoms with Gasteiger partial charge in [-0.1, -0.05) is 12.1 Å². The quantitative estimate of drug-likeness (QED) is 0.824. The SMILES string of the molecule is COc1cc(C(C)=O)ccc1OC(C)C(=O)Nc1ccccc1F. The predicted octanol–water partition coefficient (Wildman–Crippen LogP) is 3.44. The Morgan fingerprint density at radius 2 is 1.83 bits per heavy atom. The maximum Gasteiger partial charge on any atom is 0.265 e. The minimum absolute atomic E-state index is 0.0804. The fourth-order valence-electron chi connectivity index (χ4n) is 2.02. The summed E-state index contributed by atoms with van der Waals surface area (Å²) in [7, 11) is 1.44. The first-order valence-electron chi connectivity index (χ1n) is 7.33. The van der Waals surface area contributed by atoms with Gasteiger partial charge in [-0.2, -0.15) is 0 Å². The lowest BCUT2D eigenvalue weighted by Crippen LogP contribution is -2.30. The molecule has 24 heavy (non-hydrogen) atoms. The van der Waals surface area contributed by atoms with Crippen molar-refractivity contribution in [2.24, 2.45) is 0 Å². The van der Waals surface area contributed by atoms with Crippen LogP contribution in [0.4, 0.5) is 10.1 Å². The molecule has 0 saturated heterocycles. The molecule has 5 nitrogen and oxygen atoms in total. The van der Waals surface area contributed by atoms with Crippen LogP contribution in [0.2, 0.25) is 0 Å². The van der Waals surface area contributed by atoms with Gasteiger partial charge < -0.3 is 14.8 Å². The Kier molecular flexibility index (Phi) is 5.52. The van der Waals surface area contributed by atoms with Crippen LogP contribution in [0.5, 0.6) is 11.5 Å². The molecule has 1 N–H and O–H groups in total. The highest BCUT2D eigenvalue weighted by molar-refractivity contribution is 5.95. The first kappa shape index (κ1) is 17.5. The van der Waals surface area contributed by atoms with Gasteiger partial charge in [-0.25, -0.2) is 4.39 Å². The third-order valence-electron chi connectivity index (χ3n) is 3.37. The van der Waals surface area contributed by atoms with Crippen LogP contribution in [-0.2, 0) is 4.79 Å². The lowest BCUT2D eigenvalue weighted by atomic mass is 10.1. The zero-order valence-corrected chi connectivity index (χ0v) is 13.6. The molecule has 0 heterocycles. The van der Waals surface area contributed by atoms with Crippen LogP contribution in [0.25, 0.3) is 0 Å². The van der Waals surface area contributed by atoms with E-state index in [1.165, 1.54) is 39.2 Å². The van der Waals surface area contributed by atoms with E-state index >= 15 is 0 Å². The predicted molar refractivity (Wildman–Crippen MR) is 88.1 cm³/mol. The number of benzene rings is 2. The number of rotatable bonds is 6. The summed E-state index contributed by atoms with van der Waals surface area (Å²) in [5, 5.41) is 2.46. The summed E-state index contributed by atoms with van der Waals surface area (Å²) in [6, 6.07) is 10.6. The average molecular weight is 331 g/mol. The van der Waals surface area contributed by atoms with Crippen molar-refractivity contribution in [1.29, 1.82) is 0 Å². The van der Waals surface area contributed by atoms with Crippen LogP contribution in [0.1, 0.15) is 24.2 Å². The van der Waals surface area contributed by atoms with E-state index in [1.807, 2.05) is 0 Å². The topological polar surface area (TPSA) is 64.6 Å². The van der Waals surface area contributed by atoms with Gasteiger partial charge in [0.05, 0.1) is 12.8 Å². The van der Waals surface area contributed by atoms with Crippen molar-refractivity contribution in [2.45, 2.75) is 20.0 Å². The number of halogens is 1. The number of methoxy groups -OCH3 is 1. The van der Waals surface area contributed by atoms with E-state index in [4.69, 9.17) is 9.47 Å². The average Bonchev–Trinajstić information content (AvgIpc) is 2.56. The first-order chi connectivity index (χ1) is 11.4. The second kappa shape index (κ2) is 7.59. The number of hydrogen-bond donors (Lipinski definition) is 1. The molecule has 0 saturated carbocycles. The van der Waals surface area contributed by atoms with E-state index in [9.17, 15) is 14.0 Å². The third-order valence-corrected chi connectivity index (χ3v) is 3.37. The van der Waals surface area contributed by atoms with Gasteiger partial charge >= 0.3 is 0 Å². The summed E-state index contributed by atoms with van der Waals surface area (Å²) in [6.07, 6.45) is -0.887. The molecule has 126 valence electrons. The van der Waals surface area contributed by atoms with E-state index < -0.39 is 17.8 Å². The molecule has 1 atom stereocenters. The largest absolute Gasteiger partial charge is 0.493 e. The van der Waals surface area contributed by atoms with Crippen LogP contribution in [0.15, 0.2) is 42.5 Å². The van der Waals surface area contributed by atoms with E-state index in [-0.39, 0.29) is 11.5 Å². The Balaban J connectivity index is 2.11. The standard InChI is InChI=1S/C18H18FNO4/c1-11(21)13-8-9-16(17(10-13)23-3)24-12(2)18(22)20-15-7-5-4-6-14(15)19/h4-10,12H,1-3H3,(H,20,22). The van der Waals surface area contributed by atoms with Crippen LogP contribution in [-0.4, -0.2) is 24.9 Å². The van der Waals surface area contributed by atoms with Gasteiger partial charge in [-0.3, -0.25) is 9.59 Å². The zero-order valence-electron chi connectivity index (χ0n) is 13.6. The number of Topliss-reactive ketones (excluding diaryl/α,β-unsaturated/α-hetero) is 1. The van der Waals surface area contributed by atoms with Crippen molar-refractivity contribution < 1.29 is 23.5 Å². The van der Waals surface area contributed by atoms with Gasteiger partial charge in [-0.05, 0) is 44.2 Å². The van der Waals surface area contributed by atoms with Crippen LogP contribution in [0, 0.1) is 5.82 Å². The van der Waals surface area contributed by atoms with Crippen molar-refractivity contribution in [2.75, 3.05) is 12.4 Å². The van der Waals surface area contributed by atoms with E-state index in [1.54, 1.807) is 24.3 Å². The Labute approximate surface area is 139 Å². The minimum Gasteiger partial charge on any atom is -0.493 e. The van der Waals surface area contributed by atoms with Gasteiger partial charge in [0.15, 0.2) is 23.4 Å². The molecular weight excluding hydrogens is 313 g/mol. The Bertz CT molecular complexity index is 760. The summed E-state index contributed by atoms with van der Waals surface area (Å²) >= 11 is 0. The maximum atomic E-state index is 13.6. The Morgan fingerprint density at radius 1 is 1.12 bits per heavy atom. The first-order valence-corrected chi connectivity index (χ1v) is 7.33.